The van der Waals surface area contributed by atoms with Crippen molar-refractivity contribution in [3.05, 3.63) is 53.3 Å². The first kappa shape index (κ1) is 17.9. The van der Waals surface area contributed by atoms with Crippen LogP contribution >= 0.6 is 11.3 Å². The number of carbonyl (C=O) groups is 2. The molecule has 1 aromatic carbocycles. The van der Waals surface area contributed by atoms with Gasteiger partial charge in [0.2, 0.25) is 0 Å². The summed E-state index contributed by atoms with van der Waals surface area (Å²) >= 11 is 1.40. The van der Waals surface area contributed by atoms with Crippen molar-refractivity contribution >= 4 is 33.9 Å². The van der Waals surface area contributed by atoms with E-state index in [9.17, 15) is 22.8 Å². The third-order valence-corrected chi connectivity index (χ3v) is 4.11. The SMILES string of the molecule is O=C(COC(=O)Cc1cn2ccsc2n1)Nc1ccccc1C(F)(F)F. The summed E-state index contributed by atoms with van der Waals surface area (Å²) in [4.78, 5) is 28.5. The maximum atomic E-state index is 12.9. The number of alkyl halides is 3. The van der Waals surface area contributed by atoms with Crippen molar-refractivity contribution in [2.75, 3.05) is 11.9 Å². The van der Waals surface area contributed by atoms with E-state index in [1.54, 1.807) is 16.8 Å². The van der Waals surface area contributed by atoms with E-state index in [2.05, 4.69) is 10.3 Å². The first-order valence-corrected chi connectivity index (χ1v) is 8.23. The molecule has 1 amide bonds. The van der Waals surface area contributed by atoms with Gasteiger partial charge in [0.1, 0.15) is 0 Å². The zero-order chi connectivity index (χ0) is 18.7. The van der Waals surface area contributed by atoms with Crippen LogP contribution in [0.4, 0.5) is 18.9 Å². The third kappa shape index (κ3) is 4.20. The van der Waals surface area contributed by atoms with Crippen LogP contribution in [0.3, 0.4) is 0 Å². The molecule has 0 spiro atoms. The van der Waals surface area contributed by atoms with E-state index in [1.165, 1.54) is 23.5 Å². The molecule has 0 fully saturated rings. The van der Waals surface area contributed by atoms with E-state index in [0.717, 1.165) is 12.1 Å². The van der Waals surface area contributed by atoms with Crippen molar-refractivity contribution in [1.29, 1.82) is 0 Å². The Morgan fingerprint density at radius 3 is 2.77 bits per heavy atom. The highest BCUT2D eigenvalue weighted by Crippen LogP contribution is 2.34. The number of esters is 1. The summed E-state index contributed by atoms with van der Waals surface area (Å²) in [6.07, 6.45) is -1.30. The molecule has 0 bridgehead atoms. The summed E-state index contributed by atoms with van der Waals surface area (Å²) < 4.78 is 45.2. The second-order valence-electron chi connectivity index (χ2n) is 5.25. The van der Waals surface area contributed by atoms with E-state index >= 15 is 0 Å². The van der Waals surface area contributed by atoms with Gasteiger partial charge < -0.3 is 10.1 Å². The van der Waals surface area contributed by atoms with Gasteiger partial charge in [0.15, 0.2) is 11.6 Å². The van der Waals surface area contributed by atoms with E-state index in [0.29, 0.717) is 10.7 Å². The Kier molecular flexibility index (Phi) is 4.94. The molecule has 3 rings (SSSR count). The Bertz CT molecular complexity index is 920. The number of nitrogens with one attached hydrogen (secondary N) is 1. The number of amides is 1. The third-order valence-electron chi connectivity index (χ3n) is 3.34. The van der Waals surface area contributed by atoms with Gasteiger partial charge in [-0.05, 0) is 12.1 Å². The summed E-state index contributed by atoms with van der Waals surface area (Å²) in [6, 6.07) is 4.56. The van der Waals surface area contributed by atoms with Crippen LogP contribution in [0.1, 0.15) is 11.3 Å². The summed E-state index contributed by atoms with van der Waals surface area (Å²) in [5, 5.41) is 3.94. The molecule has 0 radical (unpaired) electrons. The second-order valence-corrected chi connectivity index (χ2v) is 6.13. The maximum absolute atomic E-state index is 12.9. The lowest BCUT2D eigenvalue weighted by molar-refractivity contribution is -0.146. The minimum atomic E-state index is -4.60. The van der Waals surface area contributed by atoms with E-state index in [-0.39, 0.29) is 6.42 Å². The molecule has 10 heteroatoms. The number of aromatic nitrogens is 2. The number of anilines is 1. The minimum absolute atomic E-state index is 0.138. The second kappa shape index (κ2) is 7.16. The first-order chi connectivity index (χ1) is 12.3. The average molecular weight is 383 g/mol. The smallest absolute Gasteiger partial charge is 0.418 e. The van der Waals surface area contributed by atoms with E-state index in [4.69, 9.17) is 4.74 Å². The van der Waals surface area contributed by atoms with Crippen LogP contribution in [-0.4, -0.2) is 27.9 Å². The zero-order valence-electron chi connectivity index (χ0n) is 13.1. The van der Waals surface area contributed by atoms with Crippen LogP contribution in [0, 0.1) is 0 Å². The summed E-state index contributed by atoms with van der Waals surface area (Å²) in [5.74, 6) is -1.56. The van der Waals surface area contributed by atoms with Crippen LogP contribution < -0.4 is 5.32 Å². The number of hydrogen-bond donors (Lipinski definition) is 1. The highest BCUT2D eigenvalue weighted by molar-refractivity contribution is 7.15. The molecular weight excluding hydrogens is 371 g/mol. The molecular formula is C16H12F3N3O3S. The fourth-order valence-corrected chi connectivity index (χ4v) is 2.95. The Morgan fingerprint density at radius 1 is 1.27 bits per heavy atom. The largest absolute Gasteiger partial charge is 0.455 e. The number of halogens is 3. The fraction of sp³-hybridized carbons (Fsp3) is 0.188. The van der Waals surface area contributed by atoms with Gasteiger partial charge in [-0.25, -0.2) is 4.98 Å². The number of carbonyl (C=O) groups excluding carboxylic acids is 2. The molecule has 6 nitrogen and oxygen atoms in total. The lowest BCUT2D eigenvalue weighted by Crippen LogP contribution is -2.23. The van der Waals surface area contributed by atoms with Gasteiger partial charge in [-0.2, -0.15) is 13.2 Å². The van der Waals surface area contributed by atoms with Crippen molar-refractivity contribution in [2.24, 2.45) is 0 Å². The van der Waals surface area contributed by atoms with Gasteiger partial charge in [-0.15, -0.1) is 11.3 Å². The lowest BCUT2D eigenvalue weighted by atomic mass is 10.1. The zero-order valence-corrected chi connectivity index (χ0v) is 13.9. The topological polar surface area (TPSA) is 72.7 Å². The van der Waals surface area contributed by atoms with Crippen LogP contribution in [0.5, 0.6) is 0 Å². The number of nitrogens with zero attached hydrogens (tertiary/aromatic N) is 2. The molecule has 0 saturated carbocycles. The predicted molar refractivity (Wildman–Crippen MR) is 87.8 cm³/mol. The highest BCUT2D eigenvalue weighted by Gasteiger charge is 2.33. The van der Waals surface area contributed by atoms with Gasteiger partial charge in [0.05, 0.1) is 23.4 Å². The van der Waals surface area contributed by atoms with E-state index in [1.807, 2.05) is 5.38 Å². The normalized spacial score (nSPS) is 11.5. The minimum Gasteiger partial charge on any atom is -0.455 e. The molecule has 0 saturated heterocycles. The number of benzene rings is 1. The molecule has 0 aliphatic carbocycles. The number of ether oxygens (including phenoxy) is 1. The number of hydrogen-bond acceptors (Lipinski definition) is 5. The predicted octanol–water partition coefficient (Wildman–Crippen LogP) is 3.14. The van der Waals surface area contributed by atoms with Crippen molar-refractivity contribution in [2.45, 2.75) is 12.6 Å². The Hall–Kier alpha value is -2.88. The molecule has 3 aromatic rings. The molecule has 2 aromatic heterocycles. The van der Waals surface area contributed by atoms with Crippen LogP contribution in [0.25, 0.3) is 4.96 Å². The summed E-state index contributed by atoms with van der Waals surface area (Å²) in [5.41, 5.74) is -0.891. The Morgan fingerprint density at radius 2 is 2.04 bits per heavy atom. The molecule has 26 heavy (non-hydrogen) atoms. The number of rotatable bonds is 5. The Labute approximate surface area is 149 Å². The van der Waals surface area contributed by atoms with Crippen LogP contribution in [0.15, 0.2) is 42.0 Å². The van der Waals surface area contributed by atoms with Gasteiger partial charge in [0, 0.05) is 17.8 Å². The Balaban J connectivity index is 1.54. The van der Waals surface area contributed by atoms with E-state index < -0.39 is 35.9 Å². The monoisotopic (exact) mass is 383 g/mol. The molecule has 0 unspecified atom stereocenters. The number of imidazole rings is 1. The van der Waals surface area contributed by atoms with Gasteiger partial charge in [-0.1, -0.05) is 12.1 Å². The van der Waals surface area contributed by atoms with Crippen molar-refractivity contribution in [3.63, 3.8) is 0 Å². The molecule has 136 valence electrons. The molecule has 2 heterocycles. The molecule has 0 aliphatic heterocycles. The molecule has 0 aliphatic rings. The summed E-state index contributed by atoms with van der Waals surface area (Å²) in [7, 11) is 0. The fourth-order valence-electron chi connectivity index (χ4n) is 2.23. The van der Waals surface area contributed by atoms with Gasteiger partial charge in [0.25, 0.3) is 5.91 Å². The number of thiazole rings is 1. The molecule has 1 N–H and O–H groups in total. The van der Waals surface area contributed by atoms with Gasteiger partial charge in [-0.3, -0.25) is 14.0 Å². The van der Waals surface area contributed by atoms with Crippen molar-refractivity contribution in [1.82, 2.24) is 9.38 Å². The number of para-hydroxylation sites is 1. The standard InChI is InChI=1S/C16H12F3N3O3S/c17-16(18,19)11-3-1-2-4-12(11)21-13(23)9-25-14(24)7-10-8-22-5-6-26-15(22)20-10/h1-6,8H,7,9H2,(H,21,23). The van der Waals surface area contributed by atoms with Gasteiger partial charge >= 0.3 is 12.1 Å². The highest BCUT2D eigenvalue weighted by atomic mass is 32.1. The first-order valence-electron chi connectivity index (χ1n) is 7.36. The van der Waals surface area contributed by atoms with Crippen molar-refractivity contribution < 1.29 is 27.5 Å². The quantitative estimate of drug-likeness (QED) is 0.687. The van der Waals surface area contributed by atoms with Crippen LogP contribution in [0.2, 0.25) is 0 Å². The lowest BCUT2D eigenvalue weighted by Gasteiger charge is -2.13. The molecule has 0 atom stereocenters. The number of fused-ring (bicyclic) bond motifs is 1. The average Bonchev–Trinajstić information content (AvgIpc) is 3.14. The summed E-state index contributed by atoms with van der Waals surface area (Å²) in [6.45, 7) is -0.687. The van der Waals surface area contributed by atoms with Crippen LogP contribution in [-0.2, 0) is 26.9 Å². The van der Waals surface area contributed by atoms with Crippen molar-refractivity contribution in [3.8, 4) is 0 Å². The maximum Gasteiger partial charge on any atom is 0.418 e.